The van der Waals surface area contributed by atoms with Crippen LogP contribution in [0, 0.1) is 50.2 Å². The van der Waals surface area contributed by atoms with Crippen molar-refractivity contribution in [1.29, 1.82) is 0 Å². The molecule has 5 aliphatic rings. The molecule has 4 unspecified atom stereocenters. The van der Waals surface area contributed by atoms with Crippen molar-refractivity contribution in [2.75, 3.05) is 6.54 Å². The van der Waals surface area contributed by atoms with E-state index >= 15 is 0 Å². The number of unbranched alkanes of at least 4 members (excludes halogenated alkanes) is 1. The van der Waals surface area contributed by atoms with Gasteiger partial charge in [0.2, 0.25) is 5.91 Å². The highest BCUT2D eigenvalue weighted by Crippen LogP contribution is 2.75. The third-order valence-electron chi connectivity index (χ3n) is 13.9. The third kappa shape index (κ3) is 3.78. The van der Waals surface area contributed by atoms with Crippen LogP contribution < -0.4 is 5.32 Å². The van der Waals surface area contributed by atoms with E-state index in [9.17, 15) is 9.90 Å². The highest BCUT2D eigenvalue weighted by atomic mass is 16.3. The number of nitrogens with one attached hydrogen (secondary N) is 1. The molecule has 0 bridgehead atoms. The summed E-state index contributed by atoms with van der Waals surface area (Å²) in [5.74, 6) is 1.97. The second kappa shape index (κ2) is 8.84. The van der Waals surface area contributed by atoms with Gasteiger partial charge in [-0.3, -0.25) is 4.79 Å². The van der Waals surface area contributed by atoms with E-state index in [4.69, 9.17) is 0 Å². The zero-order valence-corrected chi connectivity index (χ0v) is 25.4. The van der Waals surface area contributed by atoms with Gasteiger partial charge in [-0.1, -0.05) is 73.5 Å². The van der Waals surface area contributed by atoms with Crippen LogP contribution in [-0.4, -0.2) is 23.7 Å². The molecule has 5 rings (SSSR count). The highest BCUT2D eigenvalue weighted by Gasteiger charge is 2.69. The van der Waals surface area contributed by atoms with Gasteiger partial charge in [0, 0.05) is 6.54 Å². The number of aliphatic hydroxyl groups is 1. The second-order valence-corrected chi connectivity index (χ2v) is 16.4. The highest BCUT2D eigenvalue weighted by molar-refractivity contribution is 5.84. The van der Waals surface area contributed by atoms with Gasteiger partial charge in [0.15, 0.2) is 0 Å². The van der Waals surface area contributed by atoms with Crippen LogP contribution in [0.25, 0.3) is 0 Å². The predicted octanol–water partition coefficient (Wildman–Crippen LogP) is 8.07. The Morgan fingerprint density at radius 3 is 2.35 bits per heavy atom. The largest absolute Gasteiger partial charge is 0.393 e. The number of hydrogen-bond acceptors (Lipinski definition) is 2. The molecule has 8 atom stereocenters. The molecule has 0 aromatic rings. The standard InChI is InChI=1S/C34H57NO2/c1-9-10-21-35-28(37)34-19-17-29(2,3)22-24(34)23-11-12-26-31(6)15-14-27(36)30(4,5)25(31)13-16-33(26,8)32(23,7)18-20-34/h11,24-27,36H,9-10,12-22H2,1-8H3,(H,35,37)/t24-,25?,26?,27?,31-,32+,33+,34?/m0/s1. The fourth-order valence-corrected chi connectivity index (χ4v) is 11.2. The molecule has 0 aromatic carbocycles. The topological polar surface area (TPSA) is 49.3 Å². The minimum absolute atomic E-state index is 0.00901. The molecule has 2 N–H and O–H groups in total. The average Bonchev–Trinajstić information content (AvgIpc) is 2.82. The Morgan fingerprint density at radius 2 is 1.65 bits per heavy atom. The van der Waals surface area contributed by atoms with Crippen LogP contribution in [0.2, 0.25) is 0 Å². The van der Waals surface area contributed by atoms with Crippen LogP contribution in [0.1, 0.15) is 132 Å². The van der Waals surface area contributed by atoms with Gasteiger partial charge in [-0.15, -0.1) is 0 Å². The van der Waals surface area contributed by atoms with Crippen molar-refractivity contribution in [2.45, 2.75) is 139 Å². The number of carbonyl (C=O) groups is 1. The van der Waals surface area contributed by atoms with Gasteiger partial charge < -0.3 is 10.4 Å². The van der Waals surface area contributed by atoms with Crippen molar-refractivity contribution in [3.05, 3.63) is 11.6 Å². The molecule has 4 saturated carbocycles. The van der Waals surface area contributed by atoms with E-state index in [1.54, 1.807) is 5.57 Å². The summed E-state index contributed by atoms with van der Waals surface area (Å²) in [5.41, 5.74) is 2.43. The molecule has 3 nitrogen and oxygen atoms in total. The molecule has 37 heavy (non-hydrogen) atoms. The lowest BCUT2D eigenvalue weighted by atomic mass is 9.33. The second-order valence-electron chi connectivity index (χ2n) is 16.4. The van der Waals surface area contributed by atoms with E-state index in [0.717, 1.165) is 70.8 Å². The molecule has 4 fully saturated rings. The maximum absolute atomic E-state index is 14.0. The molecule has 5 aliphatic carbocycles. The molecule has 0 heterocycles. The SMILES string of the molecule is CCCCNC(=O)C12CCC(C)(C)C[C@H]1C1=CCC3[C@@]4(C)CCC(O)C(C)(C)C4CC[C@@]3(C)[C@]1(C)CC2. The fraction of sp³-hybridized carbons (Fsp3) is 0.912. The van der Waals surface area contributed by atoms with Gasteiger partial charge in [0.25, 0.3) is 0 Å². The van der Waals surface area contributed by atoms with Crippen molar-refractivity contribution in [1.82, 2.24) is 5.32 Å². The predicted molar refractivity (Wildman–Crippen MR) is 153 cm³/mol. The lowest BCUT2D eigenvalue weighted by molar-refractivity contribution is -0.203. The van der Waals surface area contributed by atoms with E-state index in [-0.39, 0.29) is 33.2 Å². The summed E-state index contributed by atoms with van der Waals surface area (Å²) < 4.78 is 0. The summed E-state index contributed by atoms with van der Waals surface area (Å²) in [6.45, 7) is 20.4. The number of allylic oxidation sites excluding steroid dienone is 2. The normalized spacial score (nSPS) is 48.0. The lowest BCUT2D eigenvalue weighted by Crippen LogP contribution is -2.65. The smallest absolute Gasteiger partial charge is 0.226 e. The number of amides is 1. The van der Waals surface area contributed by atoms with Gasteiger partial charge >= 0.3 is 0 Å². The molecule has 0 aromatic heterocycles. The fourth-order valence-electron chi connectivity index (χ4n) is 11.2. The maximum Gasteiger partial charge on any atom is 0.226 e. The van der Waals surface area contributed by atoms with Crippen molar-refractivity contribution in [3.63, 3.8) is 0 Å². The Hall–Kier alpha value is -0.830. The Morgan fingerprint density at radius 1 is 0.946 bits per heavy atom. The average molecular weight is 512 g/mol. The molecule has 3 heteroatoms. The molecule has 210 valence electrons. The Labute approximate surface area is 228 Å². The van der Waals surface area contributed by atoms with Crippen LogP contribution >= 0.6 is 0 Å². The van der Waals surface area contributed by atoms with E-state index in [1.807, 2.05) is 0 Å². The molecular formula is C34H57NO2. The zero-order chi connectivity index (χ0) is 27.1. The summed E-state index contributed by atoms with van der Waals surface area (Å²) in [4.78, 5) is 14.0. The van der Waals surface area contributed by atoms with Crippen LogP contribution in [-0.2, 0) is 4.79 Å². The first-order chi connectivity index (χ1) is 17.2. The first kappa shape index (κ1) is 27.7. The Balaban J connectivity index is 1.54. The van der Waals surface area contributed by atoms with E-state index < -0.39 is 0 Å². The maximum atomic E-state index is 14.0. The first-order valence-electron chi connectivity index (χ1n) is 15.8. The molecule has 0 aliphatic heterocycles. The first-order valence-corrected chi connectivity index (χ1v) is 15.8. The zero-order valence-electron chi connectivity index (χ0n) is 25.4. The third-order valence-corrected chi connectivity index (χ3v) is 13.9. The summed E-state index contributed by atoms with van der Waals surface area (Å²) in [5, 5.41) is 14.4. The van der Waals surface area contributed by atoms with Gasteiger partial charge in [-0.2, -0.15) is 0 Å². The van der Waals surface area contributed by atoms with Crippen LogP contribution in [0.15, 0.2) is 11.6 Å². The monoisotopic (exact) mass is 511 g/mol. The number of carbonyl (C=O) groups excluding carboxylic acids is 1. The van der Waals surface area contributed by atoms with E-state index in [0.29, 0.717) is 29.1 Å². The Kier molecular flexibility index (Phi) is 6.62. The molecule has 0 saturated heterocycles. The van der Waals surface area contributed by atoms with Crippen molar-refractivity contribution in [2.24, 2.45) is 50.2 Å². The summed E-state index contributed by atoms with van der Waals surface area (Å²) in [6, 6.07) is 0. The summed E-state index contributed by atoms with van der Waals surface area (Å²) in [6.07, 6.45) is 16.0. The quantitative estimate of drug-likeness (QED) is 0.296. The molecule has 0 spiro atoms. The van der Waals surface area contributed by atoms with Crippen LogP contribution in [0.3, 0.4) is 0 Å². The van der Waals surface area contributed by atoms with Crippen molar-refractivity contribution >= 4 is 5.91 Å². The van der Waals surface area contributed by atoms with Gasteiger partial charge in [-0.05, 0) is 115 Å². The van der Waals surface area contributed by atoms with Gasteiger partial charge in [-0.25, -0.2) is 0 Å². The number of hydrogen-bond donors (Lipinski definition) is 2. The number of aliphatic hydroxyl groups excluding tert-OH is 1. The van der Waals surface area contributed by atoms with Crippen molar-refractivity contribution < 1.29 is 9.90 Å². The molecule has 0 radical (unpaired) electrons. The summed E-state index contributed by atoms with van der Waals surface area (Å²) >= 11 is 0. The number of fused-ring (bicyclic) bond motifs is 7. The van der Waals surface area contributed by atoms with E-state index in [2.05, 4.69) is 66.8 Å². The minimum atomic E-state index is -0.212. The van der Waals surface area contributed by atoms with E-state index in [1.165, 1.54) is 12.8 Å². The van der Waals surface area contributed by atoms with Crippen molar-refractivity contribution in [3.8, 4) is 0 Å². The van der Waals surface area contributed by atoms with Crippen LogP contribution in [0.5, 0.6) is 0 Å². The van der Waals surface area contributed by atoms with Gasteiger partial charge in [0.1, 0.15) is 0 Å². The Bertz CT molecular complexity index is 949. The lowest BCUT2D eigenvalue weighted by Gasteiger charge is -2.71. The number of rotatable bonds is 4. The minimum Gasteiger partial charge on any atom is -0.393 e. The summed E-state index contributed by atoms with van der Waals surface area (Å²) in [7, 11) is 0. The molecular weight excluding hydrogens is 454 g/mol. The van der Waals surface area contributed by atoms with Gasteiger partial charge in [0.05, 0.1) is 11.5 Å². The van der Waals surface area contributed by atoms with Crippen LogP contribution in [0.4, 0.5) is 0 Å². The molecule has 1 amide bonds.